The summed E-state index contributed by atoms with van der Waals surface area (Å²) in [6, 6.07) is 28.9. The number of fused-ring (bicyclic) bond motifs is 2. The molecular formula is C44H41N7OS2. The van der Waals surface area contributed by atoms with Crippen LogP contribution in [0.25, 0.3) is 53.3 Å². The number of aryl methyl sites for hydroxylation is 4. The Labute approximate surface area is 322 Å². The number of H-pyrrole nitrogens is 1. The standard InChI is InChI=1S/C44H41N7OS2/c1-8-44(6,7)43(52)51-40-36(42-47-30-14-10-12-16-32(30)54-42)34(28-20-18-24(3)22-26(28)5)39(50-40)49-38-33(27-19-17-23(2)21-25(27)4)35(37(45)48-38)41-46-29-13-9-11-15-31(29)53-41/h9-22,50H,8H2,1-7H3,(H,51,52)(H2,45,48,49). The average molecular weight is 748 g/mol. The van der Waals surface area contributed by atoms with Crippen LogP contribution < -0.4 is 11.1 Å². The molecule has 270 valence electrons. The highest BCUT2D eigenvalue weighted by molar-refractivity contribution is 7.21. The second-order valence-corrected chi connectivity index (χ2v) is 16.6. The van der Waals surface area contributed by atoms with Crippen LogP contribution in [0.3, 0.4) is 0 Å². The van der Waals surface area contributed by atoms with E-state index < -0.39 is 5.41 Å². The van der Waals surface area contributed by atoms with Gasteiger partial charge in [-0.05, 0) is 80.6 Å². The number of hydrogen-bond donors (Lipinski definition) is 3. The number of amidine groups is 2. The maximum atomic E-state index is 13.9. The monoisotopic (exact) mass is 747 g/mol. The predicted octanol–water partition coefficient (Wildman–Crippen LogP) is 11.2. The number of amides is 1. The van der Waals surface area contributed by atoms with Crippen LogP contribution in [-0.2, 0) is 4.79 Å². The highest BCUT2D eigenvalue weighted by Gasteiger charge is 2.33. The molecule has 8 rings (SSSR count). The lowest BCUT2D eigenvalue weighted by Crippen LogP contribution is -2.30. The van der Waals surface area contributed by atoms with Gasteiger partial charge in [-0.1, -0.05) is 92.6 Å². The van der Waals surface area contributed by atoms with Gasteiger partial charge in [-0.25, -0.2) is 20.0 Å². The molecule has 1 amide bonds. The first-order valence-electron chi connectivity index (χ1n) is 18.0. The fraction of sp³-hybridized carbons (Fsp3) is 0.205. The van der Waals surface area contributed by atoms with E-state index in [1.807, 2.05) is 57.2 Å². The van der Waals surface area contributed by atoms with Crippen molar-refractivity contribution in [1.82, 2.24) is 15.0 Å². The minimum absolute atomic E-state index is 0.0999. The molecule has 4 aromatic carbocycles. The normalized spacial score (nSPS) is 14.1. The van der Waals surface area contributed by atoms with E-state index in [1.165, 1.54) is 0 Å². The minimum atomic E-state index is -0.614. The predicted molar refractivity (Wildman–Crippen MR) is 228 cm³/mol. The number of aliphatic imine (C=N–C) groups is 2. The van der Waals surface area contributed by atoms with E-state index >= 15 is 0 Å². The number of nitrogens with zero attached hydrogens (tertiary/aromatic N) is 4. The van der Waals surface area contributed by atoms with Crippen LogP contribution >= 0.6 is 22.7 Å². The van der Waals surface area contributed by atoms with E-state index in [2.05, 4.69) is 86.5 Å². The van der Waals surface area contributed by atoms with Crippen molar-refractivity contribution in [3.63, 3.8) is 0 Å². The van der Waals surface area contributed by atoms with E-state index in [0.29, 0.717) is 29.7 Å². The lowest BCUT2D eigenvalue weighted by atomic mass is 9.89. The molecule has 0 saturated heterocycles. The molecule has 0 atom stereocenters. The van der Waals surface area contributed by atoms with Crippen molar-refractivity contribution in [1.29, 1.82) is 0 Å². The van der Waals surface area contributed by atoms with Gasteiger partial charge in [-0.3, -0.25) is 4.79 Å². The SMILES string of the molecule is CCC(C)(C)C(=O)Nc1[nH]c(/N=C2\N=C(N)C(c3nc4ccccc4s3)=C2c2ccc(C)cc2C)c(-c2ccc(C)cc2C)c1-c1nc2ccccc2s1. The minimum Gasteiger partial charge on any atom is -0.383 e. The van der Waals surface area contributed by atoms with Crippen molar-refractivity contribution in [3.8, 4) is 21.7 Å². The first kappa shape index (κ1) is 35.3. The summed E-state index contributed by atoms with van der Waals surface area (Å²) < 4.78 is 2.11. The first-order valence-corrected chi connectivity index (χ1v) is 19.7. The zero-order valence-electron chi connectivity index (χ0n) is 31.4. The third-order valence-corrected chi connectivity index (χ3v) is 12.3. The van der Waals surface area contributed by atoms with Crippen molar-refractivity contribution >= 4 is 83.5 Å². The van der Waals surface area contributed by atoms with E-state index in [1.54, 1.807) is 22.7 Å². The Morgan fingerprint density at radius 1 is 0.778 bits per heavy atom. The van der Waals surface area contributed by atoms with Crippen LogP contribution in [0, 0.1) is 33.1 Å². The zero-order valence-corrected chi connectivity index (χ0v) is 33.0. The van der Waals surface area contributed by atoms with E-state index in [9.17, 15) is 4.79 Å². The number of hydrogen-bond acceptors (Lipinski definition) is 7. The molecule has 0 fully saturated rings. The molecule has 0 spiro atoms. The van der Waals surface area contributed by atoms with Gasteiger partial charge in [0.1, 0.15) is 27.5 Å². The Morgan fingerprint density at radius 3 is 1.94 bits per heavy atom. The number of carbonyl (C=O) groups is 1. The molecule has 4 N–H and O–H groups in total. The van der Waals surface area contributed by atoms with Crippen molar-refractivity contribution < 1.29 is 4.79 Å². The molecule has 0 radical (unpaired) electrons. The Bertz CT molecular complexity index is 2670. The number of nitrogens with one attached hydrogen (secondary N) is 2. The van der Waals surface area contributed by atoms with Crippen LogP contribution in [0.15, 0.2) is 94.9 Å². The topological polar surface area (TPSA) is 121 Å². The summed E-state index contributed by atoms with van der Waals surface area (Å²) in [4.78, 5) is 38.0. The molecule has 1 aliphatic rings. The lowest BCUT2D eigenvalue weighted by molar-refractivity contribution is -0.124. The summed E-state index contributed by atoms with van der Waals surface area (Å²) in [7, 11) is 0. The number of aromatic amines is 1. The van der Waals surface area contributed by atoms with Crippen molar-refractivity contribution in [2.24, 2.45) is 21.1 Å². The van der Waals surface area contributed by atoms with Gasteiger partial charge in [-0.15, -0.1) is 22.7 Å². The Kier molecular flexibility index (Phi) is 8.90. The molecule has 0 bridgehead atoms. The first-order chi connectivity index (χ1) is 25.9. The molecule has 4 heterocycles. The second-order valence-electron chi connectivity index (χ2n) is 14.6. The summed E-state index contributed by atoms with van der Waals surface area (Å²) in [6.45, 7) is 14.3. The molecule has 0 aliphatic carbocycles. The Balaban J connectivity index is 1.43. The van der Waals surface area contributed by atoms with Crippen LogP contribution in [0.5, 0.6) is 0 Å². The summed E-state index contributed by atoms with van der Waals surface area (Å²) in [5.74, 6) is 1.79. The van der Waals surface area contributed by atoms with Gasteiger partial charge in [0.25, 0.3) is 0 Å². The summed E-state index contributed by atoms with van der Waals surface area (Å²) >= 11 is 3.17. The molecule has 54 heavy (non-hydrogen) atoms. The maximum Gasteiger partial charge on any atom is 0.231 e. The van der Waals surface area contributed by atoms with Crippen molar-refractivity contribution in [3.05, 3.63) is 118 Å². The van der Waals surface area contributed by atoms with Crippen LogP contribution in [-0.4, -0.2) is 32.5 Å². The Morgan fingerprint density at radius 2 is 1.35 bits per heavy atom. The average Bonchev–Trinajstić information content (AvgIpc) is 3.91. The smallest absolute Gasteiger partial charge is 0.231 e. The van der Waals surface area contributed by atoms with E-state index in [-0.39, 0.29) is 5.91 Å². The van der Waals surface area contributed by atoms with Crippen LogP contribution in [0.1, 0.15) is 60.0 Å². The van der Waals surface area contributed by atoms with Crippen LogP contribution in [0.4, 0.5) is 11.6 Å². The Hall–Kier alpha value is -5.71. The van der Waals surface area contributed by atoms with Gasteiger partial charge in [-0.2, -0.15) is 0 Å². The second kappa shape index (κ2) is 13.6. The van der Waals surface area contributed by atoms with Gasteiger partial charge >= 0.3 is 0 Å². The number of nitrogens with two attached hydrogens (primary N) is 1. The molecule has 0 saturated carbocycles. The molecule has 1 aliphatic heterocycles. The number of benzene rings is 4. The summed E-state index contributed by atoms with van der Waals surface area (Å²) in [6.07, 6.45) is 0.668. The number of anilines is 1. The third-order valence-electron chi connectivity index (χ3n) is 10.2. The maximum absolute atomic E-state index is 13.9. The molecule has 7 aromatic rings. The number of para-hydroxylation sites is 2. The quantitative estimate of drug-likeness (QED) is 0.143. The molecule has 3 aromatic heterocycles. The highest BCUT2D eigenvalue weighted by Crippen LogP contribution is 2.49. The molecular weight excluding hydrogens is 707 g/mol. The van der Waals surface area contributed by atoms with Gasteiger partial charge in [0, 0.05) is 16.6 Å². The van der Waals surface area contributed by atoms with Gasteiger partial charge < -0.3 is 16.0 Å². The lowest BCUT2D eigenvalue weighted by Gasteiger charge is -2.21. The van der Waals surface area contributed by atoms with Gasteiger partial charge in [0.05, 0.1) is 31.6 Å². The summed E-state index contributed by atoms with van der Waals surface area (Å²) in [5, 5.41) is 4.82. The number of carbonyl (C=O) groups excluding carboxylic acids is 1. The molecule has 0 unspecified atom stereocenters. The number of aromatic nitrogens is 3. The fourth-order valence-corrected chi connectivity index (χ4v) is 8.90. The number of rotatable bonds is 8. The van der Waals surface area contributed by atoms with Crippen molar-refractivity contribution in [2.45, 2.75) is 54.9 Å². The largest absolute Gasteiger partial charge is 0.383 e. The van der Waals surface area contributed by atoms with Gasteiger partial charge in [0.2, 0.25) is 5.91 Å². The number of thiazole rings is 2. The molecule has 10 heteroatoms. The zero-order chi connectivity index (χ0) is 37.9. The van der Waals surface area contributed by atoms with E-state index in [4.69, 9.17) is 25.7 Å². The fourth-order valence-electron chi connectivity index (χ4n) is 6.85. The molecule has 8 nitrogen and oxygen atoms in total. The summed E-state index contributed by atoms with van der Waals surface area (Å²) in [5.41, 5.74) is 17.6. The van der Waals surface area contributed by atoms with Crippen LogP contribution in [0.2, 0.25) is 0 Å². The van der Waals surface area contributed by atoms with Crippen molar-refractivity contribution in [2.75, 3.05) is 5.32 Å². The highest BCUT2D eigenvalue weighted by atomic mass is 32.1. The van der Waals surface area contributed by atoms with E-state index in [0.717, 1.165) is 86.1 Å². The van der Waals surface area contributed by atoms with Gasteiger partial charge in [0.15, 0.2) is 5.84 Å². The third kappa shape index (κ3) is 6.25.